The Labute approximate surface area is 161 Å². The van der Waals surface area contributed by atoms with Gasteiger partial charge in [0, 0.05) is 11.4 Å². The quantitative estimate of drug-likeness (QED) is 0.808. The molecule has 1 aliphatic heterocycles. The maximum atomic E-state index is 12.8. The molecule has 0 radical (unpaired) electrons. The number of carbonyl (C=O) groups is 2. The van der Waals surface area contributed by atoms with E-state index in [1.807, 2.05) is 13.8 Å². The third-order valence-electron chi connectivity index (χ3n) is 4.43. The first kappa shape index (κ1) is 19.3. The van der Waals surface area contributed by atoms with Crippen LogP contribution >= 0.6 is 11.3 Å². The van der Waals surface area contributed by atoms with Gasteiger partial charge in [0.25, 0.3) is 0 Å². The molecule has 0 spiro atoms. The molecular weight excluding hydrogens is 368 g/mol. The van der Waals surface area contributed by atoms with E-state index >= 15 is 0 Å². The third kappa shape index (κ3) is 4.82. The molecule has 1 aliphatic rings. The summed E-state index contributed by atoms with van der Waals surface area (Å²) >= 11 is 1.43. The maximum Gasteiger partial charge on any atom is 0.321 e. The van der Waals surface area contributed by atoms with Crippen LogP contribution in [0.3, 0.4) is 0 Å². The summed E-state index contributed by atoms with van der Waals surface area (Å²) < 4.78 is 5.11. The highest BCUT2D eigenvalue weighted by molar-refractivity contribution is 7.15. The van der Waals surface area contributed by atoms with Crippen LogP contribution in [-0.2, 0) is 17.8 Å². The number of thiazole rings is 1. The van der Waals surface area contributed by atoms with Crippen LogP contribution in [0.15, 0.2) is 4.52 Å². The lowest BCUT2D eigenvalue weighted by Gasteiger charge is -2.23. The molecule has 27 heavy (non-hydrogen) atoms. The van der Waals surface area contributed by atoms with Crippen LogP contribution in [0.4, 0.5) is 9.93 Å². The Morgan fingerprint density at radius 2 is 2.15 bits per heavy atom. The summed E-state index contributed by atoms with van der Waals surface area (Å²) in [6.45, 7) is 6.59. The smallest absolute Gasteiger partial charge is 0.321 e. The van der Waals surface area contributed by atoms with Crippen molar-refractivity contribution in [3.8, 4) is 0 Å². The zero-order chi connectivity index (χ0) is 19.4. The van der Waals surface area contributed by atoms with Crippen LogP contribution in [0, 0.1) is 13.8 Å². The van der Waals surface area contributed by atoms with Crippen molar-refractivity contribution in [1.29, 1.82) is 0 Å². The zero-order valence-electron chi connectivity index (χ0n) is 15.7. The van der Waals surface area contributed by atoms with Crippen LogP contribution in [0.5, 0.6) is 0 Å². The Morgan fingerprint density at radius 3 is 2.81 bits per heavy atom. The molecule has 2 aromatic rings. The van der Waals surface area contributed by atoms with Gasteiger partial charge in [0.15, 0.2) is 11.0 Å². The molecule has 1 atom stereocenters. The van der Waals surface area contributed by atoms with E-state index in [0.717, 1.165) is 29.8 Å². The molecule has 1 unspecified atom stereocenters. The highest BCUT2D eigenvalue weighted by atomic mass is 32.1. The van der Waals surface area contributed by atoms with Crippen molar-refractivity contribution in [3.63, 3.8) is 0 Å². The van der Waals surface area contributed by atoms with E-state index in [1.54, 1.807) is 11.8 Å². The van der Waals surface area contributed by atoms with Gasteiger partial charge >= 0.3 is 6.03 Å². The minimum absolute atomic E-state index is 0.136. The Balaban J connectivity index is 1.61. The van der Waals surface area contributed by atoms with Crippen LogP contribution in [0.25, 0.3) is 0 Å². The summed E-state index contributed by atoms with van der Waals surface area (Å²) in [4.78, 5) is 36.5. The van der Waals surface area contributed by atoms with Gasteiger partial charge in [0.2, 0.25) is 11.8 Å². The minimum Gasteiger partial charge on any atom is -0.337 e. The monoisotopic (exact) mass is 392 g/mol. The fourth-order valence-electron chi connectivity index (χ4n) is 3.06. The normalized spacial score (nSPS) is 17.7. The highest BCUT2D eigenvalue weighted by Crippen LogP contribution is 2.22. The number of aryl methyl sites for hydroxylation is 3. The van der Waals surface area contributed by atoms with Crippen LogP contribution in [0.1, 0.15) is 48.5 Å². The molecule has 0 aromatic carbocycles. The molecule has 0 bridgehead atoms. The molecule has 9 nitrogen and oxygen atoms in total. The fraction of sp³-hybridized carbons (Fsp3) is 0.588. The molecule has 0 saturated carbocycles. The molecule has 0 aliphatic carbocycles. The summed E-state index contributed by atoms with van der Waals surface area (Å²) in [6, 6.07) is -0.997. The predicted octanol–water partition coefficient (Wildman–Crippen LogP) is 2.41. The van der Waals surface area contributed by atoms with Crippen molar-refractivity contribution in [2.24, 2.45) is 0 Å². The molecule has 1 saturated heterocycles. The van der Waals surface area contributed by atoms with E-state index in [4.69, 9.17) is 4.52 Å². The van der Waals surface area contributed by atoms with Crippen molar-refractivity contribution in [2.45, 2.75) is 59.0 Å². The first-order chi connectivity index (χ1) is 13.0. The van der Waals surface area contributed by atoms with Gasteiger partial charge in [-0.15, -0.1) is 11.3 Å². The lowest BCUT2D eigenvalue weighted by atomic mass is 10.1. The molecule has 10 heteroatoms. The number of nitrogens with zero attached hydrogens (tertiary/aromatic N) is 4. The number of anilines is 1. The molecular formula is C17H24N6O3S. The Bertz CT molecular complexity index is 817. The third-order valence-corrected chi connectivity index (χ3v) is 5.36. The highest BCUT2D eigenvalue weighted by Gasteiger charge is 2.29. The second-order valence-electron chi connectivity index (χ2n) is 6.52. The second-order valence-corrected chi connectivity index (χ2v) is 7.72. The number of urea groups is 1. The van der Waals surface area contributed by atoms with E-state index in [2.05, 4.69) is 25.8 Å². The number of likely N-dealkylation sites (tertiary alicyclic amines) is 1. The van der Waals surface area contributed by atoms with Gasteiger partial charge in [0.1, 0.15) is 12.6 Å². The van der Waals surface area contributed by atoms with Gasteiger partial charge in [-0.25, -0.2) is 9.78 Å². The Morgan fingerprint density at radius 1 is 1.33 bits per heavy atom. The van der Waals surface area contributed by atoms with Crippen LogP contribution in [0.2, 0.25) is 0 Å². The minimum atomic E-state index is -0.580. The largest absolute Gasteiger partial charge is 0.337 e. The number of aromatic nitrogens is 3. The second kappa shape index (κ2) is 8.47. The molecule has 2 N–H and O–H groups in total. The number of hydrogen-bond acceptors (Lipinski definition) is 7. The van der Waals surface area contributed by atoms with Gasteiger partial charge in [-0.2, -0.15) is 4.98 Å². The first-order valence-electron chi connectivity index (χ1n) is 9.08. The van der Waals surface area contributed by atoms with Crippen molar-refractivity contribution in [1.82, 2.24) is 25.3 Å². The molecule has 3 rings (SSSR count). The van der Waals surface area contributed by atoms with Gasteiger partial charge in [-0.1, -0.05) is 12.1 Å². The van der Waals surface area contributed by atoms with E-state index in [9.17, 15) is 9.59 Å². The van der Waals surface area contributed by atoms with Crippen molar-refractivity contribution >= 4 is 28.4 Å². The van der Waals surface area contributed by atoms with E-state index in [1.165, 1.54) is 11.3 Å². The number of nitrogens with one attached hydrogen (secondary N) is 2. The number of carbonyl (C=O) groups excluding carboxylic acids is 2. The van der Waals surface area contributed by atoms with Gasteiger partial charge in [0.05, 0.1) is 5.69 Å². The van der Waals surface area contributed by atoms with Crippen LogP contribution in [-0.4, -0.2) is 44.5 Å². The molecule has 1 fully saturated rings. The number of hydrogen-bond donors (Lipinski definition) is 2. The van der Waals surface area contributed by atoms with Gasteiger partial charge in [-0.05, 0) is 39.5 Å². The van der Waals surface area contributed by atoms with E-state index in [-0.39, 0.29) is 12.5 Å². The average Bonchev–Trinajstić information content (AvgIpc) is 3.15. The fourth-order valence-corrected chi connectivity index (χ4v) is 3.96. The SMILES string of the molecule is CCc1nc(NC(=O)NC2CCCCN(Cc3nc(C)no3)C2=O)sc1C. The van der Waals surface area contributed by atoms with Crippen molar-refractivity contribution in [2.75, 3.05) is 11.9 Å². The predicted molar refractivity (Wildman–Crippen MR) is 100 cm³/mol. The molecule has 3 heterocycles. The summed E-state index contributed by atoms with van der Waals surface area (Å²) in [7, 11) is 0. The molecule has 3 amide bonds. The maximum absolute atomic E-state index is 12.8. The molecule has 2 aromatic heterocycles. The lowest BCUT2D eigenvalue weighted by molar-refractivity contribution is -0.133. The lowest BCUT2D eigenvalue weighted by Crippen LogP contribution is -2.48. The standard InChI is InChI=1S/C17H24N6O3S/c1-4-12-10(2)27-17(20-12)21-16(25)19-13-7-5-6-8-23(15(13)24)9-14-18-11(3)22-26-14/h13H,4-9H2,1-3H3,(H2,19,20,21,25). The van der Waals surface area contributed by atoms with Crippen molar-refractivity contribution in [3.05, 3.63) is 22.3 Å². The topological polar surface area (TPSA) is 113 Å². The van der Waals surface area contributed by atoms with E-state index in [0.29, 0.717) is 29.8 Å². The summed E-state index contributed by atoms with van der Waals surface area (Å²) in [5.74, 6) is 0.797. The zero-order valence-corrected chi connectivity index (χ0v) is 16.6. The number of amides is 3. The van der Waals surface area contributed by atoms with Crippen LogP contribution < -0.4 is 10.6 Å². The average molecular weight is 392 g/mol. The Hall–Kier alpha value is -2.49. The van der Waals surface area contributed by atoms with Crippen molar-refractivity contribution < 1.29 is 14.1 Å². The van der Waals surface area contributed by atoms with E-state index < -0.39 is 12.1 Å². The molecule has 146 valence electrons. The summed E-state index contributed by atoms with van der Waals surface area (Å²) in [6.07, 6.45) is 3.14. The first-order valence-corrected chi connectivity index (χ1v) is 9.89. The summed E-state index contributed by atoms with van der Waals surface area (Å²) in [5.41, 5.74) is 0.974. The Kier molecular flexibility index (Phi) is 6.04. The van der Waals surface area contributed by atoms with Gasteiger partial charge < -0.3 is 14.7 Å². The summed E-state index contributed by atoms with van der Waals surface area (Å²) in [5, 5.41) is 9.82. The van der Waals surface area contributed by atoms with Gasteiger partial charge in [-0.3, -0.25) is 10.1 Å². The number of rotatable bonds is 5.